The third kappa shape index (κ3) is 3.77. The first-order chi connectivity index (χ1) is 6.69. The molecule has 0 aliphatic heterocycles. The minimum absolute atomic E-state index is 0.343. The van der Waals surface area contributed by atoms with Gasteiger partial charge < -0.3 is 15.3 Å². The smallest absolute Gasteiger partial charge is 0.329 e. The van der Waals surface area contributed by atoms with Crippen molar-refractivity contribution in [2.24, 2.45) is 5.92 Å². The normalized spacial score (nSPS) is 11.3. The van der Waals surface area contributed by atoms with E-state index in [0.717, 1.165) is 0 Å². The number of carboxylic acid groups (broad SMARTS) is 1. The van der Waals surface area contributed by atoms with Gasteiger partial charge in [-0.15, -0.1) is 0 Å². The van der Waals surface area contributed by atoms with E-state index in [9.17, 15) is 9.59 Å². The molecule has 0 aromatic rings. The van der Waals surface area contributed by atoms with Crippen molar-refractivity contribution in [2.45, 2.75) is 33.2 Å². The van der Waals surface area contributed by atoms with Gasteiger partial charge in [0.05, 0.1) is 0 Å². The monoisotopic (exact) mass is 216 g/mol. The van der Waals surface area contributed by atoms with Crippen LogP contribution >= 0.6 is 0 Å². The Hall–Kier alpha value is -1.26. The predicted octanol–water partition coefficient (Wildman–Crippen LogP) is 1.15. The van der Waals surface area contributed by atoms with Crippen LogP contribution in [0.1, 0.15) is 27.7 Å². The maximum absolute atomic E-state index is 11.6. The highest BCUT2D eigenvalue weighted by atomic mass is 16.4. The van der Waals surface area contributed by atoms with Crippen molar-refractivity contribution in [1.82, 2.24) is 10.2 Å². The Morgan fingerprint density at radius 3 is 2.20 bits per heavy atom. The SMILES string of the molecule is CC(C)CNC(=O)N(C)C(C)(C)C(=O)O. The summed E-state index contributed by atoms with van der Waals surface area (Å²) in [5.74, 6) is -0.681. The predicted molar refractivity (Wildman–Crippen MR) is 57.7 cm³/mol. The Labute approximate surface area is 90.5 Å². The van der Waals surface area contributed by atoms with Gasteiger partial charge in [-0.05, 0) is 19.8 Å². The number of carbonyl (C=O) groups excluding carboxylic acids is 1. The van der Waals surface area contributed by atoms with Crippen molar-refractivity contribution >= 4 is 12.0 Å². The molecule has 0 aromatic heterocycles. The number of hydrogen-bond acceptors (Lipinski definition) is 2. The van der Waals surface area contributed by atoms with Gasteiger partial charge in [0, 0.05) is 13.6 Å². The Balaban J connectivity index is 4.38. The molecular formula is C10H20N2O3. The van der Waals surface area contributed by atoms with Crippen molar-refractivity contribution < 1.29 is 14.7 Å². The summed E-state index contributed by atoms with van der Waals surface area (Å²) in [4.78, 5) is 23.6. The molecule has 0 saturated carbocycles. The van der Waals surface area contributed by atoms with Crippen LogP contribution in [0.15, 0.2) is 0 Å². The van der Waals surface area contributed by atoms with Gasteiger partial charge in [0.25, 0.3) is 0 Å². The van der Waals surface area contributed by atoms with Gasteiger partial charge in [0.2, 0.25) is 0 Å². The number of aliphatic carboxylic acids is 1. The largest absolute Gasteiger partial charge is 0.480 e. The van der Waals surface area contributed by atoms with Gasteiger partial charge in [-0.1, -0.05) is 13.8 Å². The number of rotatable bonds is 4. The maximum atomic E-state index is 11.6. The zero-order chi connectivity index (χ0) is 12.2. The molecular weight excluding hydrogens is 196 g/mol. The molecule has 5 nitrogen and oxygen atoms in total. The molecule has 0 unspecified atom stereocenters. The number of likely N-dealkylation sites (N-methyl/N-ethyl adjacent to an activating group) is 1. The molecule has 2 amide bonds. The summed E-state index contributed by atoms with van der Waals surface area (Å²) >= 11 is 0. The molecule has 0 saturated heterocycles. The first-order valence-corrected chi connectivity index (χ1v) is 4.94. The lowest BCUT2D eigenvalue weighted by Crippen LogP contribution is -2.54. The average molecular weight is 216 g/mol. The van der Waals surface area contributed by atoms with Crippen LogP contribution in [0.4, 0.5) is 4.79 Å². The standard InChI is InChI=1S/C10H20N2O3/c1-7(2)6-11-9(15)12(5)10(3,4)8(13)14/h7H,6H2,1-5H3,(H,11,15)(H,13,14). The maximum Gasteiger partial charge on any atom is 0.329 e. The first kappa shape index (κ1) is 13.7. The van der Waals surface area contributed by atoms with Gasteiger partial charge in [0.15, 0.2) is 0 Å². The van der Waals surface area contributed by atoms with E-state index < -0.39 is 11.5 Å². The molecule has 0 bridgehead atoms. The minimum atomic E-state index is -1.19. The number of urea groups is 1. The number of carboxylic acids is 1. The molecule has 0 aromatic carbocycles. The third-order valence-electron chi connectivity index (χ3n) is 2.33. The summed E-state index contributed by atoms with van der Waals surface area (Å²) in [7, 11) is 1.48. The van der Waals surface area contributed by atoms with Gasteiger partial charge in [-0.2, -0.15) is 0 Å². The van der Waals surface area contributed by atoms with Gasteiger partial charge >= 0.3 is 12.0 Å². The second-order valence-corrected chi connectivity index (χ2v) is 4.50. The highest BCUT2D eigenvalue weighted by molar-refractivity contribution is 5.85. The van der Waals surface area contributed by atoms with E-state index in [4.69, 9.17) is 5.11 Å². The van der Waals surface area contributed by atoms with E-state index >= 15 is 0 Å². The number of amides is 2. The topological polar surface area (TPSA) is 69.6 Å². The molecule has 0 heterocycles. The molecule has 0 aliphatic rings. The lowest BCUT2D eigenvalue weighted by Gasteiger charge is -2.31. The Kier molecular flexibility index (Phi) is 4.58. The van der Waals surface area contributed by atoms with Crippen LogP contribution in [0.25, 0.3) is 0 Å². The molecule has 0 atom stereocenters. The van der Waals surface area contributed by atoms with Crippen LogP contribution in [0.2, 0.25) is 0 Å². The van der Waals surface area contributed by atoms with Gasteiger partial charge in [-0.25, -0.2) is 9.59 Å². The quantitative estimate of drug-likeness (QED) is 0.740. The summed E-state index contributed by atoms with van der Waals surface area (Å²) in [6.07, 6.45) is 0. The van der Waals surface area contributed by atoms with Crippen LogP contribution in [0, 0.1) is 5.92 Å². The zero-order valence-electron chi connectivity index (χ0n) is 10.00. The number of carbonyl (C=O) groups is 2. The van der Waals surface area contributed by atoms with Crippen molar-refractivity contribution in [3.05, 3.63) is 0 Å². The van der Waals surface area contributed by atoms with E-state index in [1.54, 1.807) is 0 Å². The molecule has 0 rings (SSSR count). The third-order valence-corrected chi connectivity index (χ3v) is 2.33. The fourth-order valence-electron chi connectivity index (χ4n) is 0.807. The van der Waals surface area contributed by atoms with Crippen LogP contribution in [0.5, 0.6) is 0 Å². The molecule has 5 heteroatoms. The van der Waals surface area contributed by atoms with E-state index in [2.05, 4.69) is 5.32 Å². The molecule has 0 aliphatic carbocycles. The molecule has 15 heavy (non-hydrogen) atoms. The summed E-state index contributed by atoms with van der Waals surface area (Å²) in [6, 6.07) is -0.365. The summed E-state index contributed by atoms with van der Waals surface area (Å²) in [5, 5.41) is 11.6. The van der Waals surface area contributed by atoms with Gasteiger partial charge in [0.1, 0.15) is 5.54 Å². The average Bonchev–Trinajstić information content (AvgIpc) is 2.12. The van der Waals surface area contributed by atoms with Crippen molar-refractivity contribution in [2.75, 3.05) is 13.6 Å². The van der Waals surface area contributed by atoms with Crippen LogP contribution < -0.4 is 5.32 Å². The summed E-state index contributed by atoms with van der Waals surface area (Å²) < 4.78 is 0. The van der Waals surface area contributed by atoms with E-state index in [1.165, 1.54) is 25.8 Å². The molecule has 88 valence electrons. The number of nitrogens with zero attached hydrogens (tertiary/aromatic N) is 1. The minimum Gasteiger partial charge on any atom is -0.480 e. The first-order valence-electron chi connectivity index (χ1n) is 4.94. The van der Waals surface area contributed by atoms with Gasteiger partial charge in [-0.3, -0.25) is 0 Å². The highest BCUT2D eigenvalue weighted by Gasteiger charge is 2.35. The molecule has 0 fully saturated rings. The Morgan fingerprint density at radius 1 is 1.40 bits per heavy atom. The fourth-order valence-corrected chi connectivity index (χ4v) is 0.807. The van der Waals surface area contributed by atoms with Crippen LogP contribution in [0.3, 0.4) is 0 Å². The van der Waals surface area contributed by atoms with Crippen molar-refractivity contribution in [3.8, 4) is 0 Å². The zero-order valence-corrected chi connectivity index (χ0v) is 10.00. The lowest BCUT2D eigenvalue weighted by molar-refractivity contribution is -0.146. The number of nitrogens with one attached hydrogen (secondary N) is 1. The second-order valence-electron chi connectivity index (χ2n) is 4.50. The number of hydrogen-bond donors (Lipinski definition) is 2. The molecule has 2 N–H and O–H groups in total. The van der Waals surface area contributed by atoms with Crippen LogP contribution in [-0.4, -0.2) is 41.1 Å². The fraction of sp³-hybridized carbons (Fsp3) is 0.800. The molecule has 0 radical (unpaired) electrons. The lowest BCUT2D eigenvalue weighted by atomic mass is 10.1. The van der Waals surface area contributed by atoms with Crippen molar-refractivity contribution in [3.63, 3.8) is 0 Å². The highest BCUT2D eigenvalue weighted by Crippen LogP contribution is 2.12. The second kappa shape index (κ2) is 5.00. The summed E-state index contributed by atoms with van der Waals surface area (Å²) in [6.45, 7) is 7.47. The Bertz CT molecular complexity index is 249. The van der Waals surface area contributed by atoms with E-state index in [0.29, 0.717) is 12.5 Å². The molecule has 0 spiro atoms. The van der Waals surface area contributed by atoms with E-state index in [1.807, 2.05) is 13.8 Å². The summed E-state index contributed by atoms with van der Waals surface area (Å²) in [5.41, 5.74) is -1.19. The Morgan fingerprint density at radius 2 is 1.87 bits per heavy atom. The van der Waals surface area contributed by atoms with E-state index in [-0.39, 0.29) is 6.03 Å². The van der Waals surface area contributed by atoms with Crippen molar-refractivity contribution in [1.29, 1.82) is 0 Å². The van der Waals surface area contributed by atoms with Crippen LogP contribution in [-0.2, 0) is 4.79 Å².